The van der Waals surface area contributed by atoms with E-state index in [1.807, 2.05) is 28.2 Å². The highest BCUT2D eigenvalue weighted by Crippen LogP contribution is 2.26. The summed E-state index contributed by atoms with van der Waals surface area (Å²) in [5, 5.41) is 3.42. The maximum atomic E-state index is 12.3. The molecule has 0 saturated heterocycles. The molecule has 0 aliphatic heterocycles. The van der Waals surface area contributed by atoms with E-state index in [1.165, 1.54) is 11.1 Å². The second-order valence-corrected chi connectivity index (χ2v) is 8.85. The first-order chi connectivity index (χ1) is 14.6. The molecular formula is C22H27Cl2N5O2. The van der Waals surface area contributed by atoms with Crippen molar-refractivity contribution >= 4 is 46.0 Å². The Kier molecular flexibility index (Phi) is 7.43. The first kappa shape index (κ1) is 23.3. The summed E-state index contributed by atoms with van der Waals surface area (Å²) < 4.78 is 5.49. The molecule has 9 heteroatoms. The quantitative estimate of drug-likeness (QED) is 0.496. The molecule has 1 heterocycles. The summed E-state index contributed by atoms with van der Waals surface area (Å²) in [5.41, 5.74) is 4.70. The lowest BCUT2D eigenvalue weighted by molar-refractivity contribution is 0.117. The van der Waals surface area contributed by atoms with Crippen molar-refractivity contribution < 1.29 is 9.53 Å². The van der Waals surface area contributed by atoms with Crippen LogP contribution in [0.3, 0.4) is 0 Å². The van der Waals surface area contributed by atoms with Gasteiger partial charge in [0.1, 0.15) is 5.82 Å². The third kappa shape index (κ3) is 6.11. The molecule has 0 aliphatic carbocycles. The topological polar surface area (TPSA) is 73.5 Å². The maximum Gasteiger partial charge on any atom is 0.412 e. The molecule has 0 fully saturated rings. The Bertz CT molecular complexity index is 1030. The van der Waals surface area contributed by atoms with Gasteiger partial charge in [-0.1, -0.05) is 23.2 Å². The predicted octanol–water partition coefficient (Wildman–Crippen LogP) is 5.30. The van der Waals surface area contributed by atoms with Gasteiger partial charge in [-0.05, 0) is 76.6 Å². The molecule has 2 N–H and O–H groups in total. The molecule has 31 heavy (non-hydrogen) atoms. The molecule has 1 unspecified atom stereocenters. The maximum absolute atomic E-state index is 12.3. The number of aromatic amines is 1. The van der Waals surface area contributed by atoms with Crippen molar-refractivity contribution in [3.63, 3.8) is 0 Å². The van der Waals surface area contributed by atoms with Gasteiger partial charge in [-0.2, -0.15) is 0 Å². The fourth-order valence-corrected chi connectivity index (χ4v) is 3.57. The number of nitrogens with one attached hydrogen (secondary N) is 2. The summed E-state index contributed by atoms with van der Waals surface area (Å²) in [7, 11) is 8.18. The number of carbonyl (C=O) groups is 1. The van der Waals surface area contributed by atoms with Crippen LogP contribution >= 0.6 is 23.2 Å². The number of aromatic nitrogens is 2. The molecule has 0 aliphatic rings. The average Bonchev–Trinajstić information content (AvgIpc) is 3.07. The van der Waals surface area contributed by atoms with Gasteiger partial charge >= 0.3 is 6.09 Å². The first-order valence-electron chi connectivity index (χ1n) is 9.86. The van der Waals surface area contributed by atoms with Gasteiger partial charge < -0.3 is 19.5 Å². The number of rotatable bonds is 7. The number of anilines is 1. The molecule has 1 atom stereocenters. The lowest BCUT2D eigenvalue weighted by Gasteiger charge is -2.17. The monoisotopic (exact) mass is 463 g/mol. The van der Waals surface area contributed by atoms with Crippen molar-refractivity contribution in [3.8, 4) is 0 Å². The number of fused-ring (bicyclic) bond motifs is 1. The lowest BCUT2D eigenvalue weighted by atomic mass is 10.1. The highest BCUT2D eigenvalue weighted by molar-refractivity contribution is 6.42. The fraction of sp³-hybridized carbons (Fsp3) is 0.364. The Balaban J connectivity index is 1.77. The van der Waals surface area contributed by atoms with Gasteiger partial charge in [-0.25, -0.2) is 9.78 Å². The Morgan fingerprint density at radius 3 is 2.32 bits per heavy atom. The zero-order chi connectivity index (χ0) is 22.7. The van der Waals surface area contributed by atoms with E-state index in [-0.39, 0.29) is 0 Å². The number of hydrogen-bond acceptors (Lipinski definition) is 5. The summed E-state index contributed by atoms with van der Waals surface area (Å²) in [5.74, 6) is 0.581. The number of benzene rings is 2. The van der Waals surface area contributed by atoms with E-state index in [0.29, 0.717) is 21.6 Å². The Hall–Kier alpha value is -2.32. The minimum absolute atomic E-state index is 0.354. The number of hydrogen-bond donors (Lipinski definition) is 2. The number of nitrogens with zero attached hydrogens (tertiary/aromatic N) is 3. The number of ether oxygens (including phenoxy) is 1. The number of H-pyrrole nitrogens is 1. The van der Waals surface area contributed by atoms with Gasteiger partial charge in [0.05, 0.1) is 21.1 Å². The molecule has 3 rings (SSSR count). The Morgan fingerprint density at radius 2 is 1.71 bits per heavy atom. The van der Waals surface area contributed by atoms with E-state index in [1.54, 1.807) is 25.1 Å². The smallest absolute Gasteiger partial charge is 0.412 e. The van der Waals surface area contributed by atoms with Gasteiger partial charge in [0.2, 0.25) is 0 Å². The number of carbonyl (C=O) groups excluding carboxylic acids is 1. The summed E-state index contributed by atoms with van der Waals surface area (Å²) >= 11 is 11.9. The molecule has 0 saturated carbocycles. The Labute approximate surface area is 192 Å². The molecule has 3 aromatic rings. The third-order valence-electron chi connectivity index (χ3n) is 4.63. The zero-order valence-electron chi connectivity index (χ0n) is 18.3. The molecular weight excluding hydrogens is 437 g/mol. The molecule has 0 spiro atoms. The molecule has 7 nitrogen and oxygen atoms in total. The van der Waals surface area contributed by atoms with Crippen LogP contribution in [0.25, 0.3) is 11.0 Å². The van der Waals surface area contributed by atoms with Crippen LogP contribution in [0.15, 0.2) is 30.3 Å². The van der Waals surface area contributed by atoms with Crippen LogP contribution in [0.1, 0.15) is 30.0 Å². The van der Waals surface area contributed by atoms with E-state index in [0.717, 1.165) is 24.1 Å². The minimum Gasteiger partial charge on any atom is -0.438 e. The van der Waals surface area contributed by atoms with Crippen molar-refractivity contribution in [3.05, 3.63) is 57.3 Å². The summed E-state index contributed by atoms with van der Waals surface area (Å²) in [4.78, 5) is 24.5. The molecule has 2 aromatic carbocycles. The second kappa shape index (κ2) is 9.87. The fourth-order valence-electron chi connectivity index (χ4n) is 3.27. The SMILES string of the molecule is CC(OC(=O)Nc1ccc(Cl)c(Cl)c1)c1nc2cc(CN(C)C)c(CN(C)C)cc2[nH]1. The van der Waals surface area contributed by atoms with Crippen LogP contribution in [0.4, 0.5) is 10.5 Å². The third-order valence-corrected chi connectivity index (χ3v) is 5.37. The Morgan fingerprint density at radius 1 is 1.06 bits per heavy atom. The van der Waals surface area contributed by atoms with Gasteiger partial charge in [0.25, 0.3) is 0 Å². The first-order valence-corrected chi connectivity index (χ1v) is 10.6. The molecule has 0 radical (unpaired) electrons. The van der Waals surface area contributed by atoms with Crippen molar-refractivity contribution in [2.24, 2.45) is 0 Å². The van der Waals surface area contributed by atoms with Gasteiger partial charge in [0.15, 0.2) is 6.10 Å². The van der Waals surface area contributed by atoms with E-state index < -0.39 is 12.2 Å². The summed E-state index contributed by atoms with van der Waals surface area (Å²) in [6.45, 7) is 3.42. The molecule has 0 bridgehead atoms. The lowest BCUT2D eigenvalue weighted by Crippen LogP contribution is -2.16. The molecule has 1 amide bonds. The van der Waals surface area contributed by atoms with Gasteiger partial charge in [-0.3, -0.25) is 5.32 Å². The van der Waals surface area contributed by atoms with Crippen molar-refractivity contribution in [2.75, 3.05) is 33.5 Å². The highest BCUT2D eigenvalue weighted by atomic mass is 35.5. The van der Waals surface area contributed by atoms with Crippen molar-refractivity contribution in [1.29, 1.82) is 0 Å². The van der Waals surface area contributed by atoms with E-state index in [4.69, 9.17) is 27.9 Å². The number of halogens is 2. The normalized spacial score (nSPS) is 12.5. The van der Waals surface area contributed by atoms with E-state index in [9.17, 15) is 4.79 Å². The predicted molar refractivity (Wildman–Crippen MR) is 126 cm³/mol. The largest absolute Gasteiger partial charge is 0.438 e. The van der Waals surface area contributed by atoms with E-state index in [2.05, 4.69) is 37.2 Å². The zero-order valence-corrected chi connectivity index (χ0v) is 19.8. The highest BCUT2D eigenvalue weighted by Gasteiger charge is 2.18. The van der Waals surface area contributed by atoms with Crippen LogP contribution in [0.2, 0.25) is 10.0 Å². The second-order valence-electron chi connectivity index (χ2n) is 8.04. The van der Waals surface area contributed by atoms with Gasteiger partial charge in [0, 0.05) is 18.8 Å². The standard InChI is InChI=1S/C22H27Cl2N5O2/c1-13(31-22(30)25-16-6-7-17(23)18(24)10-16)21-26-19-8-14(11-28(2)3)15(12-29(4)5)9-20(19)27-21/h6-10,13H,11-12H2,1-5H3,(H,25,30)(H,26,27). The van der Waals surface area contributed by atoms with Crippen LogP contribution in [0.5, 0.6) is 0 Å². The van der Waals surface area contributed by atoms with Gasteiger partial charge in [-0.15, -0.1) is 0 Å². The summed E-state index contributed by atoms with van der Waals surface area (Å²) in [6, 6.07) is 9.04. The van der Waals surface area contributed by atoms with Crippen LogP contribution in [-0.4, -0.2) is 54.1 Å². The van der Waals surface area contributed by atoms with Crippen molar-refractivity contribution in [2.45, 2.75) is 26.1 Å². The average molecular weight is 464 g/mol. The molecule has 1 aromatic heterocycles. The summed E-state index contributed by atoms with van der Waals surface area (Å²) in [6.07, 6.45) is -1.17. The minimum atomic E-state index is -0.604. The number of amides is 1. The van der Waals surface area contributed by atoms with Crippen LogP contribution in [-0.2, 0) is 17.8 Å². The van der Waals surface area contributed by atoms with E-state index >= 15 is 0 Å². The number of imidazole rings is 1. The van der Waals surface area contributed by atoms with Crippen molar-refractivity contribution in [1.82, 2.24) is 19.8 Å². The molecule has 166 valence electrons. The van der Waals surface area contributed by atoms with Crippen LogP contribution in [0, 0.1) is 0 Å². The van der Waals surface area contributed by atoms with Crippen LogP contribution < -0.4 is 5.32 Å².